The normalized spacial score (nSPS) is 12.0. The first kappa shape index (κ1) is 17.4. The largest absolute Gasteiger partial charge is 0.207 e. The van der Waals surface area contributed by atoms with E-state index in [9.17, 15) is 4.39 Å². The third-order valence-corrected chi connectivity index (χ3v) is 3.35. The van der Waals surface area contributed by atoms with E-state index in [0.717, 1.165) is 30.4 Å². The molecular weight excluding hydrogens is 259 g/mol. The number of unbranched alkanes of at least 4 members (excludes halogenated alkanes) is 3. The van der Waals surface area contributed by atoms with Crippen molar-refractivity contribution in [3.05, 3.63) is 66.0 Å². The maximum absolute atomic E-state index is 13.0. The monoisotopic (exact) mass is 286 g/mol. The van der Waals surface area contributed by atoms with Crippen LogP contribution in [-0.4, -0.2) is 0 Å². The Morgan fingerprint density at radius 2 is 1.86 bits per heavy atom. The second kappa shape index (κ2) is 10.1. The highest BCUT2D eigenvalue weighted by Gasteiger charge is 2.02. The van der Waals surface area contributed by atoms with Crippen LogP contribution in [0.1, 0.15) is 57.9 Å². The summed E-state index contributed by atoms with van der Waals surface area (Å²) < 4.78 is 13.0. The summed E-state index contributed by atoms with van der Waals surface area (Å²) in [5.41, 5.74) is 3.43. The minimum absolute atomic E-state index is 0.191. The lowest BCUT2D eigenvalue weighted by atomic mass is 9.98. The van der Waals surface area contributed by atoms with Crippen molar-refractivity contribution in [1.82, 2.24) is 0 Å². The van der Waals surface area contributed by atoms with Crippen LogP contribution in [0, 0.1) is 5.82 Å². The summed E-state index contributed by atoms with van der Waals surface area (Å²) in [6.45, 7) is 8.23. The molecule has 0 aliphatic rings. The van der Waals surface area contributed by atoms with E-state index < -0.39 is 0 Å². The van der Waals surface area contributed by atoms with Crippen molar-refractivity contribution in [2.24, 2.45) is 0 Å². The molecule has 1 aromatic rings. The van der Waals surface area contributed by atoms with E-state index in [4.69, 9.17) is 0 Å². The van der Waals surface area contributed by atoms with Gasteiger partial charge in [0, 0.05) is 0 Å². The Bertz CT molecular complexity index is 477. The molecule has 0 aliphatic heterocycles. The molecule has 0 fully saturated rings. The van der Waals surface area contributed by atoms with Gasteiger partial charge in [-0.1, -0.05) is 62.3 Å². The van der Waals surface area contributed by atoms with Crippen LogP contribution < -0.4 is 0 Å². The molecule has 1 rings (SSSR count). The zero-order valence-corrected chi connectivity index (χ0v) is 13.4. The van der Waals surface area contributed by atoms with Crippen LogP contribution in [0.15, 0.2) is 54.6 Å². The van der Waals surface area contributed by atoms with Crippen LogP contribution in [0.25, 0.3) is 5.57 Å². The summed E-state index contributed by atoms with van der Waals surface area (Å²) in [5, 5.41) is 0. The van der Waals surface area contributed by atoms with Crippen LogP contribution in [-0.2, 0) is 0 Å². The van der Waals surface area contributed by atoms with E-state index in [1.54, 1.807) is 0 Å². The standard InChI is InChI=1S/C20H27F/c1-4-5-6-7-8-9-10-11-19(16-17(2)3)18-12-14-20(21)15-13-18/h8-9,11-15H,2,4-7,10,16H2,1,3H3/b9-8-,19-11+. The Kier molecular flexibility index (Phi) is 8.42. The fourth-order valence-corrected chi connectivity index (χ4v) is 2.22. The van der Waals surface area contributed by atoms with E-state index in [-0.39, 0.29) is 5.82 Å². The lowest BCUT2D eigenvalue weighted by Crippen LogP contribution is -1.87. The second-order valence-corrected chi connectivity index (χ2v) is 5.57. The molecule has 21 heavy (non-hydrogen) atoms. The minimum Gasteiger partial charge on any atom is -0.207 e. The first-order valence-corrected chi connectivity index (χ1v) is 7.87. The van der Waals surface area contributed by atoms with E-state index in [0.29, 0.717) is 0 Å². The third kappa shape index (κ3) is 7.65. The molecule has 0 atom stereocenters. The lowest BCUT2D eigenvalue weighted by molar-refractivity contribution is 0.627. The highest BCUT2D eigenvalue weighted by atomic mass is 19.1. The fraction of sp³-hybridized carbons (Fsp3) is 0.400. The van der Waals surface area contributed by atoms with Crippen molar-refractivity contribution in [2.45, 2.75) is 52.4 Å². The van der Waals surface area contributed by atoms with Crippen LogP contribution in [0.4, 0.5) is 4.39 Å². The minimum atomic E-state index is -0.191. The van der Waals surface area contributed by atoms with Gasteiger partial charge in [-0.25, -0.2) is 4.39 Å². The van der Waals surface area contributed by atoms with Crippen LogP contribution >= 0.6 is 0 Å². The van der Waals surface area contributed by atoms with Gasteiger partial charge in [-0.05, 0) is 55.9 Å². The topological polar surface area (TPSA) is 0 Å². The molecule has 0 heterocycles. The molecular formula is C20H27F. The molecule has 0 radical (unpaired) electrons. The molecule has 0 nitrogen and oxygen atoms in total. The zero-order chi connectivity index (χ0) is 15.5. The van der Waals surface area contributed by atoms with Gasteiger partial charge in [0.2, 0.25) is 0 Å². The summed E-state index contributed by atoms with van der Waals surface area (Å²) in [7, 11) is 0. The molecule has 0 N–H and O–H groups in total. The maximum Gasteiger partial charge on any atom is 0.123 e. The van der Waals surface area contributed by atoms with Crippen molar-refractivity contribution in [2.75, 3.05) is 0 Å². The summed E-state index contributed by atoms with van der Waals surface area (Å²) in [5.74, 6) is -0.191. The number of allylic oxidation sites excluding steroid dienone is 5. The molecule has 0 amide bonds. The molecule has 0 saturated heterocycles. The second-order valence-electron chi connectivity index (χ2n) is 5.57. The summed E-state index contributed by atoms with van der Waals surface area (Å²) in [6.07, 6.45) is 13.5. The smallest absolute Gasteiger partial charge is 0.123 e. The van der Waals surface area contributed by atoms with Crippen molar-refractivity contribution >= 4 is 5.57 Å². The van der Waals surface area contributed by atoms with Gasteiger partial charge in [-0.15, -0.1) is 0 Å². The van der Waals surface area contributed by atoms with Crippen molar-refractivity contribution in [3.8, 4) is 0 Å². The quantitative estimate of drug-likeness (QED) is 0.350. The van der Waals surface area contributed by atoms with Gasteiger partial charge in [-0.2, -0.15) is 0 Å². The van der Waals surface area contributed by atoms with Crippen molar-refractivity contribution < 1.29 is 4.39 Å². The van der Waals surface area contributed by atoms with Crippen LogP contribution in [0.2, 0.25) is 0 Å². The fourth-order valence-electron chi connectivity index (χ4n) is 2.22. The SMILES string of the molecule is C=C(C)C/C(=C\C/C=C\CCCCC)c1ccc(F)cc1. The zero-order valence-electron chi connectivity index (χ0n) is 13.4. The molecule has 0 saturated carbocycles. The molecule has 114 valence electrons. The van der Waals surface area contributed by atoms with E-state index in [2.05, 4.69) is 31.7 Å². The highest BCUT2D eigenvalue weighted by Crippen LogP contribution is 2.22. The van der Waals surface area contributed by atoms with Crippen LogP contribution in [0.5, 0.6) is 0 Å². The Balaban J connectivity index is 2.62. The van der Waals surface area contributed by atoms with Gasteiger partial charge in [0.25, 0.3) is 0 Å². The van der Waals surface area contributed by atoms with Gasteiger partial charge in [-0.3, -0.25) is 0 Å². The Morgan fingerprint density at radius 3 is 2.48 bits per heavy atom. The first-order valence-electron chi connectivity index (χ1n) is 7.87. The van der Waals surface area contributed by atoms with E-state index >= 15 is 0 Å². The van der Waals surface area contributed by atoms with Gasteiger partial charge in [0.05, 0.1) is 0 Å². The number of halogens is 1. The Labute approximate surface area is 129 Å². The third-order valence-electron chi connectivity index (χ3n) is 3.35. The van der Waals surface area contributed by atoms with Crippen molar-refractivity contribution in [3.63, 3.8) is 0 Å². The molecule has 1 aromatic carbocycles. The highest BCUT2D eigenvalue weighted by molar-refractivity contribution is 5.67. The summed E-state index contributed by atoms with van der Waals surface area (Å²) in [4.78, 5) is 0. The Hall–Kier alpha value is -1.63. The van der Waals surface area contributed by atoms with E-state index in [1.165, 1.54) is 37.0 Å². The summed E-state index contributed by atoms with van der Waals surface area (Å²) in [6, 6.07) is 6.72. The molecule has 1 heteroatoms. The van der Waals surface area contributed by atoms with Gasteiger partial charge in [0.15, 0.2) is 0 Å². The van der Waals surface area contributed by atoms with Crippen molar-refractivity contribution in [1.29, 1.82) is 0 Å². The predicted octanol–water partition coefficient (Wildman–Crippen LogP) is 6.70. The molecule has 0 unspecified atom stereocenters. The number of hydrogen-bond acceptors (Lipinski definition) is 0. The molecule has 0 bridgehead atoms. The van der Waals surface area contributed by atoms with Crippen LogP contribution in [0.3, 0.4) is 0 Å². The Morgan fingerprint density at radius 1 is 1.14 bits per heavy atom. The summed E-state index contributed by atoms with van der Waals surface area (Å²) >= 11 is 0. The van der Waals surface area contributed by atoms with Gasteiger partial charge in [0.1, 0.15) is 5.82 Å². The molecule has 0 aromatic heterocycles. The average molecular weight is 286 g/mol. The molecule has 0 spiro atoms. The number of rotatable bonds is 9. The number of hydrogen-bond donors (Lipinski definition) is 0. The van der Waals surface area contributed by atoms with E-state index in [1.807, 2.05) is 19.1 Å². The lowest BCUT2D eigenvalue weighted by Gasteiger charge is -2.07. The first-order chi connectivity index (χ1) is 10.1. The number of benzene rings is 1. The predicted molar refractivity (Wildman–Crippen MR) is 91.7 cm³/mol. The van der Waals surface area contributed by atoms with Gasteiger partial charge >= 0.3 is 0 Å². The average Bonchev–Trinajstić information content (AvgIpc) is 2.45. The maximum atomic E-state index is 13.0. The van der Waals surface area contributed by atoms with Gasteiger partial charge < -0.3 is 0 Å². The molecule has 0 aliphatic carbocycles.